The standard InChI is InChI=1S/C18H16Cl2N2O3/c1-18(2)9-25-15-8-11(4-6-14(15)22-17(18)24)21-16(23)12-7-10(19)3-5-13(12)20/h3-8H,9H2,1-2H3,(H,21,23)(H,22,24). The van der Waals surface area contributed by atoms with Gasteiger partial charge in [0, 0.05) is 16.8 Å². The molecule has 5 nitrogen and oxygen atoms in total. The lowest BCUT2D eigenvalue weighted by atomic mass is 9.94. The summed E-state index contributed by atoms with van der Waals surface area (Å²) in [5.74, 6) is -0.00639. The summed E-state index contributed by atoms with van der Waals surface area (Å²) in [6, 6.07) is 9.70. The van der Waals surface area contributed by atoms with Gasteiger partial charge in [0.2, 0.25) is 5.91 Å². The van der Waals surface area contributed by atoms with Gasteiger partial charge >= 0.3 is 0 Å². The third-order valence-corrected chi connectivity index (χ3v) is 4.43. The quantitative estimate of drug-likeness (QED) is 0.801. The summed E-state index contributed by atoms with van der Waals surface area (Å²) in [6.07, 6.45) is 0. The molecule has 7 heteroatoms. The molecule has 0 saturated heterocycles. The zero-order chi connectivity index (χ0) is 18.2. The summed E-state index contributed by atoms with van der Waals surface area (Å²) in [4.78, 5) is 24.5. The fourth-order valence-electron chi connectivity index (χ4n) is 2.31. The van der Waals surface area contributed by atoms with E-state index in [1.165, 1.54) is 6.07 Å². The third-order valence-electron chi connectivity index (χ3n) is 3.86. The van der Waals surface area contributed by atoms with Crippen LogP contribution in [-0.2, 0) is 4.79 Å². The van der Waals surface area contributed by atoms with Crippen molar-refractivity contribution in [2.45, 2.75) is 13.8 Å². The number of halogens is 2. The number of hydrogen-bond donors (Lipinski definition) is 2. The van der Waals surface area contributed by atoms with Gasteiger partial charge in [-0.1, -0.05) is 23.2 Å². The molecule has 1 aliphatic heterocycles. The molecule has 3 rings (SSSR count). The van der Waals surface area contributed by atoms with E-state index in [0.29, 0.717) is 27.2 Å². The van der Waals surface area contributed by atoms with Crippen LogP contribution < -0.4 is 15.4 Å². The molecule has 0 aromatic heterocycles. The number of anilines is 2. The Morgan fingerprint density at radius 1 is 1.20 bits per heavy atom. The average molecular weight is 379 g/mol. The minimum Gasteiger partial charge on any atom is -0.490 e. The highest BCUT2D eigenvalue weighted by Crippen LogP contribution is 2.34. The Morgan fingerprint density at radius 3 is 2.72 bits per heavy atom. The molecule has 2 aromatic carbocycles. The first-order chi connectivity index (χ1) is 11.8. The Labute approximate surface area is 155 Å². The molecular formula is C18H16Cl2N2O3. The number of rotatable bonds is 2. The minimum atomic E-state index is -0.642. The normalized spacial score (nSPS) is 15.4. The summed E-state index contributed by atoms with van der Waals surface area (Å²) >= 11 is 12.0. The highest BCUT2D eigenvalue weighted by atomic mass is 35.5. The van der Waals surface area contributed by atoms with Gasteiger partial charge in [-0.05, 0) is 44.2 Å². The number of hydrogen-bond acceptors (Lipinski definition) is 3. The maximum atomic E-state index is 12.4. The average Bonchev–Trinajstić information content (AvgIpc) is 2.67. The maximum absolute atomic E-state index is 12.4. The van der Waals surface area contributed by atoms with E-state index in [1.54, 1.807) is 44.2 Å². The van der Waals surface area contributed by atoms with E-state index in [-0.39, 0.29) is 24.0 Å². The maximum Gasteiger partial charge on any atom is 0.257 e. The Kier molecular flexibility index (Phi) is 4.62. The molecule has 0 aliphatic carbocycles. The van der Waals surface area contributed by atoms with Crippen LogP contribution in [0.1, 0.15) is 24.2 Å². The molecular weight excluding hydrogens is 363 g/mol. The van der Waals surface area contributed by atoms with E-state index in [0.717, 1.165) is 0 Å². The van der Waals surface area contributed by atoms with Crippen molar-refractivity contribution in [2.75, 3.05) is 17.2 Å². The Bertz CT molecular complexity index is 865. The SMILES string of the molecule is CC1(C)COc2cc(NC(=O)c3cc(Cl)ccc3Cl)ccc2NC1=O. The zero-order valence-electron chi connectivity index (χ0n) is 13.7. The molecule has 2 aromatic rings. The monoisotopic (exact) mass is 378 g/mol. The van der Waals surface area contributed by atoms with Crippen LogP contribution in [0, 0.1) is 5.41 Å². The summed E-state index contributed by atoms with van der Waals surface area (Å²) in [5, 5.41) is 6.31. The second-order valence-corrected chi connectivity index (χ2v) is 7.26. The van der Waals surface area contributed by atoms with Gasteiger partial charge in [0.15, 0.2) is 0 Å². The highest BCUT2D eigenvalue weighted by molar-refractivity contribution is 6.36. The van der Waals surface area contributed by atoms with Crippen LogP contribution in [0.5, 0.6) is 5.75 Å². The molecule has 0 atom stereocenters. The predicted octanol–water partition coefficient (Wildman–Crippen LogP) is 4.60. The van der Waals surface area contributed by atoms with Crippen molar-refractivity contribution in [1.82, 2.24) is 0 Å². The van der Waals surface area contributed by atoms with Crippen LogP contribution in [0.3, 0.4) is 0 Å². The fraction of sp³-hybridized carbons (Fsp3) is 0.222. The number of nitrogens with one attached hydrogen (secondary N) is 2. The summed E-state index contributed by atoms with van der Waals surface area (Å²) in [7, 11) is 0. The van der Waals surface area contributed by atoms with Gasteiger partial charge in [0.1, 0.15) is 12.4 Å². The second kappa shape index (κ2) is 6.58. The fourth-order valence-corrected chi connectivity index (χ4v) is 2.68. The van der Waals surface area contributed by atoms with E-state index >= 15 is 0 Å². The van der Waals surface area contributed by atoms with Gasteiger partial charge in [-0.15, -0.1) is 0 Å². The number of amides is 2. The Hall–Kier alpha value is -2.24. The summed E-state index contributed by atoms with van der Waals surface area (Å²) in [5.41, 5.74) is 0.721. The van der Waals surface area contributed by atoms with Crippen molar-refractivity contribution in [2.24, 2.45) is 5.41 Å². The number of carbonyl (C=O) groups excluding carboxylic acids is 2. The number of carbonyl (C=O) groups is 2. The number of fused-ring (bicyclic) bond motifs is 1. The van der Waals surface area contributed by atoms with Crippen molar-refractivity contribution in [3.05, 3.63) is 52.0 Å². The number of ether oxygens (including phenoxy) is 1. The highest BCUT2D eigenvalue weighted by Gasteiger charge is 2.32. The van der Waals surface area contributed by atoms with Crippen molar-refractivity contribution >= 4 is 46.4 Å². The molecule has 0 bridgehead atoms. The lowest BCUT2D eigenvalue weighted by Crippen LogP contribution is -2.33. The van der Waals surface area contributed by atoms with Gasteiger partial charge in [-0.2, -0.15) is 0 Å². The Balaban J connectivity index is 1.84. The molecule has 0 saturated carbocycles. The minimum absolute atomic E-state index is 0.117. The van der Waals surface area contributed by atoms with E-state index in [2.05, 4.69) is 10.6 Å². The molecule has 0 unspecified atom stereocenters. The van der Waals surface area contributed by atoms with E-state index in [1.807, 2.05) is 0 Å². The summed E-state index contributed by atoms with van der Waals surface area (Å²) < 4.78 is 5.72. The van der Waals surface area contributed by atoms with Crippen molar-refractivity contribution < 1.29 is 14.3 Å². The molecule has 130 valence electrons. The summed E-state index contributed by atoms with van der Waals surface area (Å²) in [6.45, 7) is 3.85. The first-order valence-corrected chi connectivity index (χ1v) is 8.36. The first-order valence-electron chi connectivity index (χ1n) is 7.61. The van der Waals surface area contributed by atoms with E-state index in [4.69, 9.17) is 27.9 Å². The van der Waals surface area contributed by atoms with Gasteiger partial charge in [-0.25, -0.2) is 0 Å². The van der Waals surface area contributed by atoms with Gasteiger partial charge in [0.25, 0.3) is 5.91 Å². The van der Waals surface area contributed by atoms with E-state index in [9.17, 15) is 9.59 Å². The van der Waals surface area contributed by atoms with Crippen LogP contribution in [0.4, 0.5) is 11.4 Å². The molecule has 0 spiro atoms. The topological polar surface area (TPSA) is 67.4 Å². The lowest BCUT2D eigenvalue weighted by Gasteiger charge is -2.18. The van der Waals surface area contributed by atoms with Gasteiger partial charge < -0.3 is 15.4 Å². The molecule has 25 heavy (non-hydrogen) atoms. The first kappa shape index (κ1) is 17.6. The predicted molar refractivity (Wildman–Crippen MR) is 98.8 cm³/mol. The zero-order valence-corrected chi connectivity index (χ0v) is 15.2. The van der Waals surface area contributed by atoms with Crippen molar-refractivity contribution in [3.8, 4) is 5.75 Å². The van der Waals surface area contributed by atoms with Crippen molar-refractivity contribution in [3.63, 3.8) is 0 Å². The molecule has 0 fully saturated rings. The molecule has 1 heterocycles. The van der Waals surface area contributed by atoms with Crippen LogP contribution in [-0.4, -0.2) is 18.4 Å². The number of benzene rings is 2. The molecule has 0 radical (unpaired) electrons. The van der Waals surface area contributed by atoms with Crippen LogP contribution >= 0.6 is 23.2 Å². The van der Waals surface area contributed by atoms with Gasteiger partial charge in [-0.3, -0.25) is 9.59 Å². The third kappa shape index (κ3) is 3.72. The van der Waals surface area contributed by atoms with Crippen LogP contribution in [0.2, 0.25) is 10.0 Å². The van der Waals surface area contributed by atoms with Crippen molar-refractivity contribution in [1.29, 1.82) is 0 Å². The van der Waals surface area contributed by atoms with E-state index < -0.39 is 5.41 Å². The van der Waals surface area contributed by atoms with Crippen LogP contribution in [0.25, 0.3) is 0 Å². The molecule has 2 amide bonds. The lowest BCUT2D eigenvalue weighted by molar-refractivity contribution is -0.124. The second-order valence-electron chi connectivity index (χ2n) is 6.42. The Morgan fingerprint density at radius 2 is 1.96 bits per heavy atom. The smallest absolute Gasteiger partial charge is 0.257 e. The largest absolute Gasteiger partial charge is 0.490 e. The van der Waals surface area contributed by atoms with Crippen LogP contribution in [0.15, 0.2) is 36.4 Å². The molecule has 2 N–H and O–H groups in total. The van der Waals surface area contributed by atoms with Gasteiger partial charge in [0.05, 0.1) is 21.7 Å². The molecule has 1 aliphatic rings.